The molecule has 0 saturated carbocycles. The molecule has 0 bridgehead atoms. The first-order valence-corrected chi connectivity index (χ1v) is 7.68. The van der Waals surface area contributed by atoms with Crippen molar-refractivity contribution in [2.24, 2.45) is 5.73 Å². The molecule has 1 amide bonds. The molecule has 2 atom stereocenters. The van der Waals surface area contributed by atoms with Crippen LogP contribution in [0.4, 0.5) is 5.69 Å². The highest BCUT2D eigenvalue weighted by atomic mass is 32.1. The van der Waals surface area contributed by atoms with Crippen LogP contribution < -0.4 is 16.0 Å². The van der Waals surface area contributed by atoms with Crippen LogP contribution in [0.2, 0.25) is 0 Å². The van der Waals surface area contributed by atoms with Gasteiger partial charge in [-0.2, -0.15) is 11.3 Å². The number of nitrogens with zero attached hydrogens (tertiary/aromatic N) is 1. The molecule has 1 aromatic heterocycles. The Morgan fingerprint density at radius 1 is 1.35 bits per heavy atom. The van der Waals surface area contributed by atoms with E-state index in [-0.39, 0.29) is 18.1 Å². The molecule has 0 unspecified atom stereocenters. The molecule has 3 N–H and O–H groups in total. The summed E-state index contributed by atoms with van der Waals surface area (Å²) in [6, 6.07) is 7.93. The number of carbonyl (C=O) groups is 1. The molecule has 0 radical (unpaired) electrons. The number of anilines is 1. The summed E-state index contributed by atoms with van der Waals surface area (Å²) in [5, 5.41) is 7.24. The van der Waals surface area contributed by atoms with Crippen molar-refractivity contribution in [2.45, 2.75) is 18.6 Å². The molecule has 4 nitrogen and oxygen atoms in total. The Kier molecular flexibility index (Phi) is 2.58. The number of hydrogen-bond acceptors (Lipinski definition) is 4. The second-order valence-electron chi connectivity index (χ2n) is 5.26. The number of rotatable bonds is 1. The highest BCUT2D eigenvalue weighted by Crippen LogP contribution is 2.42. The van der Waals surface area contributed by atoms with Crippen LogP contribution in [0.3, 0.4) is 0 Å². The number of benzene rings is 1. The molecule has 4 rings (SSSR count). The van der Waals surface area contributed by atoms with Gasteiger partial charge in [0.25, 0.3) is 5.91 Å². The second-order valence-corrected chi connectivity index (χ2v) is 6.04. The van der Waals surface area contributed by atoms with Crippen LogP contribution in [0, 0.1) is 0 Å². The number of nitrogens with one attached hydrogen (secondary N) is 1. The molecule has 3 heterocycles. The number of para-hydroxylation sites is 1. The van der Waals surface area contributed by atoms with Crippen LogP contribution in [0.15, 0.2) is 35.0 Å². The minimum absolute atomic E-state index is 0.0107. The summed E-state index contributed by atoms with van der Waals surface area (Å²) in [5.74, 6) is -0.0107. The molecule has 0 fully saturated rings. The topological polar surface area (TPSA) is 58.4 Å². The summed E-state index contributed by atoms with van der Waals surface area (Å²) in [4.78, 5) is 14.6. The number of thiophene rings is 1. The van der Waals surface area contributed by atoms with Gasteiger partial charge < -0.3 is 16.0 Å². The zero-order valence-corrected chi connectivity index (χ0v) is 11.7. The molecule has 2 aliphatic heterocycles. The third-order valence-corrected chi connectivity index (χ3v) is 4.82. The lowest BCUT2D eigenvalue weighted by Gasteiger charge is -2.44. The Bertz CT molecular complexity index is 668. The van der Waals surface area contributed by atoms with Gasteiger partial charge >= 0.3 is 0 Å². The van der Waals surface area contributed by atoms with Gasteiger partial charge in [0.05, 0.1) is 11.3 Å². The van der Waals surface area contributed by atoms with E-state index < -0.39 is 0 Å². The van der Waals surface area contributed by atoms with Gasteiger partial charge in [0.1, 0.15) is 6.17 Å². The second kappa shape index (κ2) is 4.33. The first kappa shape index (κ1) is 11.9. The third-order valence-electron chi connectivity index (χ3n) is 4.12. The van der Waals surface area contributed by atoms with Crippen LogP contribution in [0.5, 0.6) is 0 Å². The Balaban J connectivity index is 1.90. The van der Waals surface area contributed by atoms with Crippen molar-refractivity contribution in [3.8, 4) is 0 Å². The molecule has 20 heavy (non-hydrogen) atoms. The van der Waals surface area contributed by atoms with Crippen LogP contribution in [0.1, 0.15) is 40.1 Å². The normalized spacial score (nSPS) is 24.2. The van der Waals surface area contributed by atoms with Gasteiger partial charge in [-0.15, -0.1) is 0 Å². The number of amides is 1. The molecule has 2 aliphatic rings. The van der Waals surface area contributed by atoms with Crippen molar-refractivity contribution in [2.75, 3.05) is 11.4 Å². The van der Waals surface area contributed by atoms with E-state index in [9.17, 15) is 4.79 Å². The van der Waals surface area contributed by atoms with Gasteiger partial charge in [-0.05, 0) is 34.9 Å². The highest BCUT2D eigenvalue weighted by molar-refractivity contribution is 7.08. The molecule has 0 saturated heterocycles. The Morgan fingerprint density at radius 3 is 3.05 bits per heavy atom. The largest absolute Gasteiger partial charge is 0.346 e. The zero-order valence-electron chi connectivity index (χ0n) is 10.9. The highest BCUT2D eigenvalue weighted by Gasteiger charge is 2.37. The van der Waals surface area contributed by atoms with Crippen LogP contribution in [-0.4, -0.2) is 12.5 Å². The SMILES string of the molecule is N[C@@H]1CCN2c3c(cccc31)C(=O)N[C@@H]2c1ccsc1. The summed E-state index contributed by atoms with van der Waals surface area (Å²) in [5.41, 5.74) is 10.2. The van der Waals surface area contributed by atoms with Crippen LogP contribution in [0.25, 0.3) is 0 Å². The standard InChI is InChI=1S/C15H15N3OS/c16-12-4-6-18-13-10(12)2-1-3-11(13)15(19)17-14(18)9-5-7-20-8-9/h1-3,5,7-8,12,14H,4,6,16H2,(H,17,19)/t12-,14+/m1/s1. The van der Waals surface area contributed by atoms with Gasteiger partial charge in [-0.3, -0.25) is 4.79 Å². The van der Waals surface area contributed by atoms with Gasteiger partial charge in [-0.1, -0.05) is 12.1 Å². The Morgan fingerprint density at radius 2 is 2.25 bits per heavy atom. The maximum Gasteiger partial charge on any atom is 0.255 e. The zero-order chi connectivity index (χ0) is 13.7. The Hall–Kier alpha value is -1.85. The van der Waals surface area contributed by atoms with Crippen molar-refractivity contribution >= 4 is 22.9 Å². The lowest BCUT2D eigenvalue weighted by molar-refractivity contribution is 0.0925. The van der Waals surface area contributed by atoms with E-state index in [0.29, 0.717) is 0 Å². The van der Waals surface area contributed by atoms with Crippen LogP contribution in [-0.2, 0) is 0 Å². The lowest BCUT2D eigenvalue weighted by Crippen LogP contribution is -2.49. The molecule has 5 heteroatoms. The van der Waals surface area contributed by atoms with E-state index >= 15 is 0 Å². The first-order chi connectivity index (χ1) is 9.75. The average Bonchev–Trinajstić information content (AvgIpc) is 2.99. The number of hydrogen-bond donors (Lipinski definition) is 2. The van der Waals surface area contributed by atoms with E-state index in [1.165, 1.54) is 0 Å². The fraction of sp³-hybridized carbons (Fsp3) is 0.267. The van der Waals surface area contributed by atoms with Gasteiger partial charge in [0, 0.05) is 18.2 Å². The van der Waals surface area contributed by atoms with Gasteiger partial charge in [-0.25, -0.2) is 0 Å². The van der Waals surface area contributed by atoms with E-state index in [0.717, 1.165) is 35.3 Å². The van der Waals surface area contributed by atoms with Crippen molar-refractivity contribution < 1.29 is 4.79 Å². The van der Waals surface area contributed by atoms with Crippen molar-refractivity contribution in [3.63, 3.8) is 0 Å². The quantitative estimate of drug-likeness (QED) is 0.846. The summed E-state index contributed by atoms with van der Waals surface area (Å²) in [6.07, 6.45) is 0.836. The summed E-state index contributed by atoms with van der Waals surface area (Å²) >= 11 is 1.65. The number of nitrogens with two attached hydrogens (primary N) is 1. The predicted molar refractivity (Wildman–Crippen MR) is 79.9 cm³/mol. The molecule has 102 valence electrons. The smallest absolute Gasteiger partial charge is 0.255 e. The van der Waals surface area contributed by atoms with E-state index in [1.54, 1.807) is 11.3 Å². The van der Waals surface area contributed by atoms with E-state index in [4.69, 9.17) is 5.73 Å². The van der Waals surface area contributed by atoms with Gasteiger partial charge in [0.15, 0.2) is 0 Å². The molecular formula is C15H15N3OS. The van der Waals surface area contributed by atoms with Crippen molar-refractivity contribution in [1.29, 1.82) is 0 Å². The van der Waals surface area contributed by atoms with Gasteiger partial charge in [0.2, 0.25) is 0 Å². The fourth-order valence-electron chi connectivity index (χ4n) is 3.14. The first-order valence-electron chi connectivity index (χ1n) is 6.74. The summed E-state index contributed by atoms with van der Waals surface area (Å²) in [7, 11) is 0. The molecule has 0 aliphatic carbocycles. The molecular weight excluding hydrogens is 270 g/mol. The Labute approximate surface area is 121 Å². The maximum atomic E-state index is 12.4. The molecule has 1 aromatic carbocycles. The predicted octanol–water partition coefficient (Wildman–Crippen LogP) is 2.40. The third kappa shape index (κ3) is 1.60. The summed E-state index contributed by atoms with van der Waals surface area (Å²) in [6.45, 7) is 0.867. The lowest BCUT2D eigenvalue weighted by atomic mass is 9.91. The summed E-state index contributed by atoms with van der Waals surface area (Å²) < 4.78 is 0. The molecule has 2 aromatic rings. The fourth-order valence-corrected chi connectivity index (χ4v) is 3.82. The van der Waals surface area contributed by atoms with E-state index in [2.05, 4.69) is 21.7 Å². The monoisotopic (exact) mass is 285 g/mol. The molecule has 0 spiro atoms. The number of carbonyl (C=O) groups excluding carboxylic acids is 1. The minimum Gasteiger partial charge on any atom is -0.346 e. The minimum atomic E-state index is -0.0742. The van der Waals surface area contributed by atoms with Crippen molar-refractivity contribution in [1.82, 2.24) is 5.32 Å². The maximum absolute atomic E-state index is 12.4. The average molecular weight is 285 g/mol. The van der Waals surface area contributed by atoms with E-state index in [1.807, 2.05) is 23.6 Å². The van der Waals surface area contributed by atoms with Crippen LogP contribution >= 0.6 is 11.3 Å². The van der Waals surface area contributed by atoms with Crippen molar-refractivity contribution in [3.05, 3.63) is 51.7 Å².